The summed E-state index contributed by atoms with van der Waals surface area (Å²) in [5, 5.41) is 7.01. The maximum atomic E-state index is 4.75. The van der Waals surface area contributed by atoms with Crippen molar-refractivity contribution in [2.75, 3.05) is 26.2 Å². The summed E-state index contributed by atoms with van der Waals surface area (Å²) in [6.45, 7) is 12.4. The van der Waals surface area contributed by atoms with E-state index in [2.05, 4.69) is 36.4 Å². The standard InChI is InChI=1S/C15H27N3S/c1-4-18(9-13-6-5-7-16-8-13)10-14-11-19-15(17-14)12(2)3/h11-13,16H,4-10H2,1-3H3. The minimum absolute atomic E-state index is 0.552. The molecule has 0 bridgehead atoms. The van der Waals surface area contributed by atoms with E-state index in [1.807, 2.05) is 0 Å². The van der Waals surface area contributed by atoms with Crippen molar-refractivity contribution in [2.45, 2.75) is 46.1 Å². The van der Waals surface area contributed by atoms with E-state index in [9.17, 15) is 0 Å². The molecule has 2 rings (SSSR count). The van der Waals surface area contributed by atoms with Crippen molar-refractivity contribution in [2.24, 2.45) is 5.92 Å². The van der Waals surface area contributed by atoms with Gasteiger partial charge in [-0.2, -0.15) is 0 Å². The highest BCUT2D eigenvalue weighted by Crippen LogP contribution is 2.20. The van der Waals surface area contributed by atoms with Crippen molar-refractivity contribution in [3.05, 3.63) is 16.1 Å². The van der Waals surface area contributed by atoms with Crippen LogP contribution in [0.5, 0.6) is 0 Å². The van der Waals surface area contributed by atoms with Gasteiger partial charge < -0.3 is 5.32 Å². The Labute approximate surface area is 121 Å². The van der Waals surface area contributed by atoms with E-state index >= 15 is 0 Å². The Hall–Kier alpha value is -0.450. The summed E-state index contributed by atoms with van der Waals surface area (Å²) in [6, 6.07) is 0. The Morgan fingerprint density at radius 3 is 2.95 bits per heavy atom. The monoisotopic (exact) mass is 281 g/mol. The Bertz CT molecular complexity index is 369. The van der Waals surface area contributed by atoms with E-state index in [0.717, 1.165) is 19.0 Å². The number of thiazole rings is 1. The van der Waals surface area contributed by atoms with Crippen LogP contribution in [0.1, 0.15) is 50.2 Å². The molecule has 0 saturated carbocycles. The fourth-order valence-corrected chi connectivity index (χ4v) is 3.47. The Balaban J connectivity index is 1.86. The summed E-state index contributed by atoms with van der Waals surface area (Å²) in [5.41, 5.74) is 1.25. The second-order valence-electron chi connectivity index (χ2n) is 5.87. The van der Waals surface area contributed by atoms with E-state index in [-0.39, 0.29) is 0 Å². The molecular formula is C15H27N3S. The summed E-state index contributed by atoms with van der Waals surface area (Å²) in [6.07, 6.45) is 2.70. The van der Waals surface area contributed by atoms with Gasteiger partial charge in [0.05, 0.1) is 10.7 Å². The third-order valence-corrected chi connectivity index (χ3v) is 5.01. The molecule has 0 amide bonds. The van der Waals surface area contributed by atoms with Gasteiger partial charge in [0.25, 0.3) is 0 Å². The molecule has 2 heterocycles. The SMILES string of the molecule is CCN(Cc1csc(C(C)C)n1)CC1CCCNC1. The van der Waals surface area contributed by atoms with Gasteiger partial charge in [-0.25, -0.2) is 4.98 Å². The Kier molecular flexibility index (Phi) is 5.79. The Morgan fingerprint density at radius 2 is 2.37 bits per heavy atom. The van der Waals surface area contributed by atoms with E-state index in [1.165, 1.54) is 43.2 Å². The smallest absolute Gasteiger partial charge is 0.0954 e. The van der Waals surface area contributed by atoms with Crippen LogP contribution in [0.25, 0.3) is 0 Å². The number of rotatable bonds is 6. The summed E-state index contributed by atoms with van der Waals surface area (Å²) < 4.78 is 0. The third-order valence-electron chi connectivity index (χ3n) is 3.81. The zero-order chi connectivity index (χ0) is 13.7. The topological polar surface area (TPSA) is 28.2 Å². The van der Waals surface area contributed by atoms with E-state index in [0.29, 0.717) is 5.92 Å². The molecule has 3 nitrogen and oxygen atoms in total. The van der Waals surface area contributed by atoms with E-state index in [4.69, 9.17) is 4.98 Å². The average Bonchev–Trinajstić information content (AvgIpc) is 2.88. The minimum Gasteiger partial charge on any atom is -0.316 e. The first-order chi connectivity index (χ1) is 9.19. The van der Waals surface area contributed by atoms with Gasteiger partial charge in [0.1, 0.15) is 0 Å². The molecule has 1 aliphatic rings. The van der Waals surface area contributed by atoms with Gasteiger partial charge in [-0.1, -0.05) is 20.8 Å². The first-order valence-electron chi connectivity index (χ1n) is 7.56. The highest BCUT2D eigenvalue weighted by Gasteiger charge is 2.17. The number of piperidine rings is 1. The molecule has 1 N–H and O–H groups in total. The first kappa shape index (κ1) is 14.9. The van der Waals surface area contributed by atoms with Crippen molar-refractivity contribution in [3.63, 3.8) is 0 Å². The van der Waals surface area contributed by atoms with Gasteiger partial charge >= 0.3 is 0 Å². The molecular weight excluding hydrogens is 254 g/mol. The molecule has 0 radical (unpaired) electrons. The van der Waals surface area contributed by atoms with Gasteiger partial charge in [-0.3, -0.25) is 4.90 Å². The lowest BCUT2D eigenvalue weighted by Gasteiger charge is -2.29. The quantitative estimate of drug-likeness (QED) is 0.868. The average molecular weight is 281 g/mol. The fraction of sp³-hybridized carbons (Fsp3) is 0.800. The van der Waals surface area contributed by atoms with Crippen molar-refractivity contribution in [3.8, 4) is 0 Å². The number of hydrogen-bond acceptors (Lipinski definition) is 4. The third kappa shape index (κ3) is 4.55. The van der Waals surface area contributed by atoms with Crippen LogP contribution < -0.4 is 5.32 Å². The summed E-state index contributed by atoms with van der Waals surface area (Å²) in [5.74, 6) is 1.37. The molecule has 1 saturated heterocycles. The lowest BCUT2D eigenvalue weighted by Crippen LogP contribution is -2.38. The van der Waals surface area contributed by atoms with Crippen molar-refractivity contribution < 1.29 is 0 Å². The summed E-state index contributed by atoms with van der Waals surface area (Å²) in [4.78, 5) is 7.29. The second-order valence-corrected chi connectivity index (χ2v) is 6.76. The predicted octanol–water partition coefficient (Wildman–Crippen LogP) is 3.09. The lowest BCUT2D eigenvalue weighted by atomic mass is 9.99. The van der Waals surface area contributed by atoms with Crippen LogP contribution in [0, 0.1) is 5.92 Å². The van der Waals surface area contributed by atoms with Gasteiger partial charge in [0, 0.05) is 24.4 Å². The van der Waals surface area contributed by atoms with Crippen LogP contribution in [-0.2, 0) is 6.54 Å². The number of aromatic nitrogens is 1. The lowest BCUT2D eigenvalue weighted by molar-refractivity contribution is 0.208. The molecule has 1 aromatic rings. The molecule has 1 aliphatic heterocycles. The van der Waals surface area contributed by atoms with Crippen molar-refractivity contribution in [1.29, 1.82) is 0 Å². The summed E-state index contributed by atoms with van der Waals surface area (Å²) >= 11 is 1.81. The van der Waals surface area contributed by atoms with Crippen LogP contribution in [0.4, 0.5) is 0 Å². The fourth-order valence-electron chi connectivity index (χ4n) is 2.64. The molecule has 19 heavy (non-hydrogen) atoms. The van der Waals surface area contributed by atoms with Gasteiger partial charge in [0.2, 0.25) is 0 Å². The molecule has 1 aromatic heterocycles. The normalized spacial score (nSPS) is 20.4. The highest BCUT2D eigenvalue weighted by molar-refractivity contribution is 7.09. The molecule has 108 valence electrons. The molecule has 1 unspecified atom stereocenters. The molecule has 4 heteroatoms. The zero-order valence-electron chi connectivity index (χ0n) is 12.5. The second kappa shape index (κ2) is 7.36. The number of hydrogen-bond donors (Lipinski definition) is 1. The van der Waals surface area contributed by atoms with Gasteiger partial charge in [0.15, 0.2) is 0 Å². The van der Waals surface area contributed by atoms with Crippen LogP contribution >= 0.6 is 11.3 Å². The molecule has 0 aliphatic carbocycles. The molecule has 1 fully saturated rings. The first-order valence-corrected chi connectivity index (χ1v) is 8.44. The van der Waals surface area contributed by atoms with Crippen LogP contribution in [0.15, 0.2) is 5.38 Å². The van der Waals surface area contributed by atoms with Crippen LogP contribution in [0.2, 0.25) is 0 Å². The molecule has 0 spiro atoms. The molecule has 0 aromatic carbocycles. The van der Waals surface area contributed by atoms with Gasteiger partial charge in [-0.05, 0) is 38.4 Å². The Morgan fingerprint density at radius 1 is 1.53 bits per heavy atom. The number of nitrogens with one attached hydrogen (secondary N) is 1. The minimum atomic E-state index is 0.552. The van der Waals surface area contributed by atoms with Crippen molar-refractivity contribution in [1.82, 2.24) is 15.2 Å². The molecule has 1 atom stereocenters. The maximum absolute atomic E-state index is 4.75. The predicted molar refractivity (Wildman–Crippen MR) is 82.7 cm³/mol. The number of nitrogens with zero attached hydrogens (tertiary/aromatic N) is 2. The zero-order valence-corrected chi connectivity index (χ0v) is 13.3. The van der Waals surface area contributed by atoms with Gasteiger partial charge in [-0.15, -0.1) is 11.3 Å². The van der Waals surface area contributed by atoms with E-state index in [1.54, 1.807) is 11.3 Å². The van der Waals surface area contributed by atoms with Crippen LogP contribution in [-0.4, -0.2) is 36.1 Å². The largest absolute Gasteiger partial charge is 0.316 e. The maximum Gasteiger partial charge on any atom is 0.0954 e. The van der Waals surface area contributed by atoms with E-state index < -0.39 is 0 Å². The highest BCUT2D eigenvalue weighted by atomic mass is 32.1. The van der Waals surface area contributed by atoms with Crippen molar-refractivity contribution >= 4 is 11.3 Å². The summed E-state index contributed by atoms with van der Waals surface area (Å²) in [7, 11) is 0. The van der Waals surface area contributed by atoms with Crippen LogP contribution in [0.3, 0.4) is 0 Å².